The van der Waals surface area contributed by atoms with Crippen LogP contribution >= 0.6 is 7.82 Å². The van der Waals surface area contributed by atoms with Gasteiger partial charge in [0.1, 0.15) is 12.7 Å². The molecule has 0 fully saturated rings. The fraction of sp³-hybridized carbons (Fsp3) is 0.946. The van der Waals surface area contributed by atoms with E-state index in [-0.39, 0.29) is 25.9 Å². The van der Waals surface area contributed by atoms with Gasteiger partial charge in [0.15, 0.2) is 6.10 Å². The molecule has 2 N–H and O–H groups in total. The predicted octanol–water partition coefficient (Wildman–Crippen LogP) is 16.7. The largest absolute Gasteiger partial charge is 0.472 e. The van der Waals surface area contributed by atoms with Crippen LogP contribution in [0.15, 0.2) is 0 Å². The molecule has 11 nitrogen and oxygen atoms in total. The molecule has 0 aliphatic heterocycles. The average molecular weight is 989 g/mol. The van der Waals surface area contributed by atoms with E-state index in [1.54, 1.807) is 0 Å². The Kier molecular flexibility index (Phi) is 50.7. The molecule has 0 aliphatic rings. The first kappa shape index (κ1) is 66.5. The van der Waals surface area contributed by atoms with E-state index in [1.165, 1.54) is 186 Å². The maximum Gasteiger partial charge on any atom is 0.472 e. The maximum atomic E-state index is 12.9. The fourth-order valence-electron chi connectivity index (χ4n) is 8.59. The summed E-state index contributed by atoms with van der Waals surface area (Å²) < 4.78 is 39.5. The molecular formula is C56H109O11P. The van der Waals surface area contributed by atoms with E-state index in [0.29, 0.717) is 19.3 Å². The van der Waals surface area contributed by atoms with Crippen molar-refractivity contribution in [3.8, 4) is 0 Å². The summed E-state index contributed by atoms with van der Waals surface area (Å²) in [5.74, 6) is -1.43. The molecule has 0 aliphatic carbocycles. The van der Waals surface area contributed by atoms with Crippen LogP contribution < -0.4 is 0 Å². The minimum atomic E-state index is -4.73. The Bertz CT molecular complexity index is 1150. The summed E-state index contributed by atoms with van der Waals surface area (Å²) in [4.78, 5) is 48.4. The second-order valence-corrected chi connectivity index (χ2v) is 21.3. The average Bonchev–Trinajstić information content (AvgIpc) is 3.32. The zero-order valence-corrected chi connectivity index (χ0v) is 45.5. The van der Waals surface area contributed by atoms with Gasteiger partial charge in [-0.1, -0.05) is 265 Å². The Hall–Kier alpha value is -1.52. The molecule has 0 amide bonds. The van der Waals surface area contributed by atoms with Crippen LogP contribution in [0.1, 0.15) is 303 Å². The van der Waals surface area contributed by atoms with E-state index in [2.05, 4.69) is 20.8 Å². The molecule has 0 radical (unpaired) electrons. The van der Waals surface area contributed by atoms with E-state index < -0.39 is 57.8 Å². The van der Waals surface area contributed by atoms with Crippen molar-refractivity contribution in [1.29, 1.82) is 0 Å². The number of hydrogen-bond donors (Lipinski definition) is 2. The van der Waals surface area contributed by atoms with Gasteiger partial charge in [-0.05, 0) is 19.3 Å². The number of carbonyl (C=O) groups excluding carboxylic acids is 3. The first-order valence-corrected chi connectivity index (χ1v) is 30.4. The van der Waals surface area contributed by atoms with Crippen molar-refractivity contribution in [2.24, 2.45) is 0 Å². The molecular weight excluding hydrogens is 880 g/mol. The van der Waals surface area contributed by atoms with Gasteiger partial charge in [-0.2, -0.15) is 0 Å². The Morgan fingerprint density at radius 2 is 0.588 bits per heavy atom. The zero-order valence-electron chi connectivity index (χ0n) is 44.6. The third-order valence-electron chi connectivity index (χ3n) is 13.0. The van der Waals surface area contributed by atoms with Crippen molar-refractivity contribution < 1.29 is 52.2 Å². The number of phosphoric acid groups is 1. The van der Waals surface area contributed by atoms with E-state index in [1.807, 2.05) is 0 Å². The van der Waals surface area contributed by atoms with Gasteiger partial charge >= 0.3 is 25.7 Å². The van der Waals surface area contributed by atoms with E-state index in [4.69, 9.17) is 23.3 Å². The SMILES string of the molecule is CCCCCCCCCCCCCCCCCCCC(=O)OC(COC(=O)CCCCCCCCCCCCC)COP(=O)(O)OCC(CO)OC(=O)CCCCCCCCCCCCCCC. The molecule has 0 heterocycles. The monoisotopic (exact) mass is 989 g/mol. The highest BCUT2D eigenvalue weighted by Gasteiger charge is 2.28. The molecule has 0 aromatic carbocycles. The molecule has 0 saturated carbocycles. The van der Waals surface area contributed by atoms with Crippen molar-refractivity contribution in [3.05, 3.63) is 0 Å². The lowest BCUT2D eigenvalue weighted by Crippen LogP contribution is -2.30. The molecule has 0 rings (SSSR count). The first-order chi connectivity index (χ1) is 33.2. The van der Waals surface area contributed by atoms with Crippen molar-refractivity contribution >= 4 is 25.7 Å². The third kappa shape index (κ3) is 49.5. The second-order valence-electron chi connectivity index (χ2n) is 19.8. The van der Waals surface area contributed by atoms with E-state index >= 15 is 0 Å². The number of aliphatic hydroxyl groups is 1. The van der Waals surface area contributed by atoms with Gasteiger partial charge in [-0.25, -0.2) is 4.57 Å². The Morgan fingerprint density at radius 3 is 0.868 bits per heavy atom. The van der Waals surface area contributed by atoms with Crippen LogP contribution in [0.4, 0.5) is 0 Å². The van der Waals surface area contributed by atoms with Gasteiger partial charge in [-0.15, -0.1) is 0 Å². The molecule has 12 heteroatoms. The molecule has 0 saturated heterocycles. The van der Waals surface area contributed by atoms with Crippen molar-refractivity contribution in [2.75, 3.05) is 26.4 Å². The first-order valence-electron chi connectivity index (χ1n) is 28.9. The quantitative estimate of drug-likeness (QED) is 0.0259. The summed E-state index contributed by atoms with van der Waals surface area (Å²) in [7, 11) is -4.73. The molecule has 3 unspecified atom stereocenters. The number of ether oxygens (including phenoxy) is 3. The lowest BCUT2D eigenvalue weighted by molar-refractivity contribution is -0.161. The van der Waals surface area contributed by atoms with Gasteiger partial charge in [0.05, 0.1) is 19.8 Å². The van der Waals surface area contributed by atoms with Crippen molar-refractivity contribution in [1.82, 2.24) is 0 Å². The van der Waals surface area contributed by atoms with Crippen LogP contribution in [0, 0.1) is 0 Å². The molecule has 0 bridgehead atoms. The summed E-state index contributed by atoms with van der Waals surface area (Å²) >= 11 is 0. The third-order valence-corrected chi connectivity index (χ3v) is 14.0. The summed E-state index contributed by atoms with van der Waals surface area (Å²) in [6.45, 7) is 4.70. The zero-order chi connectivity index (χ0) is 49.9. The molecule has 0 aromatic rings. The molecule has 404 valence electrons. The normalized spacial score (nSPS) is 13.3. The summed E-state index contributed by atoms with van der Waals surface area (Å²) in [6, 6.07) is 0. The minimum absolute atomic E-state index is 0.179. The van der Waals surface area contributed by atoms with Gasteiger partial charge in [0, 0.05) is 19.3 Å². The number of unbranched alkanes of at least 4 members (excludes halogenated alkanes) is 38. The van der Waals surface area contributed by atoms with Crippen LogP contribution in [0.25, 0.3) is 0 Å². The molecule has 3 atom stereocenters. The van der Waals surface area contributed by atoms with Crippen LogP contribution in [0.2, 0.25) is 0 Å². The number of esters is 3. The lowest BCUT2D eigenvalue weighted by atomic mass is 10.0. The minimum Gasteiger partial charge on any atom is -0.462 e. The second kappa shape index (κ2) is 51.8. The van der Waals surface area contributed by atoms with Crippen molar-refractivity contribution in [2.45, 2.75) is 315 Å². The van der Waals surface area contributed by atoms with Crippen LogP contribution in [0.3, 0.4) is 0 Å². The topological polar surface area (TPSA) is 155 Å². The maximum absolute atomic E-state index is 12.9. The number of rotatable bonds is 55. The summed E-state index contributed by atoms with van der Waals surface area (Å²) in [5.41, 5.74) is 0. The lowest BCUT2D eigenvalue weighted by Gasteiger charge is -2.21. The Balaban J connectivity index is 4.63. The van der Waals surface area contributed by atoms with Crippen LogP contribution in [-0.4, -0.2) is 66.5 Å². The Labute approximate surface area is 418 Å². The number of carbonyl (C=O) groups is 3. The summed E-state index contributed by atoms with van der Waals surface area (Å²) in [6.07, 6.45) is 47.7. The highest BCUT2D eigenvalue weighted by molar-refractivity contribution is 7.47. The molecule has 0 spiro atoms. The molecule has 0 aromatic heterocycles. The summed E-state index contributed by atoms with van der Waals surface area (Å²) in [5, 5.41) is 9.79. The standard InChI is InChI=1S/C56H109O11P/c1-4-7-10-13-16-19-22-24-25-26-27-29-32-35-38-41-44-47-56(60)67-53(49-63-54(58)45-42-39-36-33-30-21-18-15-12-9-6-3)51-65-68(61,62)64-50-52(48-57)66-55(59)46-43-40-37-34-31-28-23-20-17-14-11-8-5-2/h52-53,57H,4-51H2,1-3H3,(H,61,62). The fourth-order valence-corrected chi connectivity index (χ4v) is 9.38. The van der Waals surface area contributed by atoms with Gasteiger partial charge < -0.3 is 24.2 Å². The van der Waals surface area contributed by atoms with E-state index in [0.717, 1.165) is 57.8 Å². The highest BCUT2D eigenvalue weighted by Crippen LogP contribution is 2.43. The number of hydrogen-bond acceptors (Lipinski definition) is 10. The van der Waals surface area contributed by atoms with E-state index in [9.17, 15) is 28.9 Å². The van der Waals surface area contributed by atoms with Crippen molar-refractivity contribution in [3.63, 3.8) is 0 Å². The van der Waals surface area contributed by atoms with Crippen LogP contribution in [-0.2, 0) is 42.2 Å². The predicted molar refractivity (Wildman–Crippen MR) is 280 cm³/mol. The Morgan fingerprint density at radius 1 is 0.353 bits per heavy atom. The van der Waals surface area contributed by atoms with Gasteiger partial charge in [0.25, 0.3) is 0 Å². The number of phosphoric ester groups is 1. The number of aliphatic hydroxyl groups excluding tert-OH is 1. The van der Waals surface area contributed by atoms with Crippen LogP contribution in [0.5, 0.6) is 0 Å². The smallest absolute Gasteiger partial charge is 0.462 e. The van der Waals surface area contributed by atoms with Gasteiger partial charge in [0.2, 0.25) is 0 Å². The molecule has 68 heavy (non-hydrogen) atoms. The van der Waals surface area contributed by atoms with Gasteiger partial charge in [-0.3, -0.25) is 23.4 Å². The highest BCUT2D eigenvalue weighted by atomic mass is 31.2.